The monoisotopic (exact) mass is 440 g/mol. The molecule has 4 rings (SSSR count). The molecule has 28 heavy (non-hydrogen) atoms. The number of ether oxygens (including phenoxy) is 1. The van der Waals surface area contributed by atoms with Crippen molar-refractivity contribution in [2.24, 2.45) is 0 Å². The van der Waals surface area contributed by atoms with Gasteiger partial charge in [0.15, 0.2) is 5.39 Å². The van der Waals surface area contributed by atoms with E-state index in [-0.39, 0.29) is 16.5 Å². The van der Waals surface area contributed by atoms with Crippen molar-refractivity contribution in [2.45, 2.75) is 13.0 Å². The number of benzene rings is 2. The van der Waals surface area contributed by atoms with Crippen LogP contribution in [0.1, 0.15) is 6.42 Å². The quantitative estimate of drug-likeness (QED) is 0.346. The molecule has 0 unspecified atom stereocenters. The summed E-state index contributed by atoms with van der Waals surface area (Å²) in [5.74, 6) is 0.452. The molecule has 0 aliphatic carbocycles. The van der Waals surface area contributed by atoms with Gasteiger partial charge in [0.1, 0.15) is 11.4 Å². The van der Waals surface area contributed by atoms with Gasteiger partial charge in [0.25, 0.3) is 5.56 Å². The van der Waals surface area contributed by atoms with Crippen LogP contribution in [0, 0.1) is 0 Å². The van der Waals surface area contributed by atoms with Crippen molar-refractivity contribution in [3.8, 4) is 11.4 Å². The zero-order valence-electron chi connectivity index (χ0n) is 15.1. The minimum atomic E-state index is -0.407. The largest absolute Gasteiger partial charge is 0.437 e. The first-order chi connectivity index (χ1) is 13.6. The SMILES string of the molecule is COCCCn1c(-c2cccc(Br)c2)nc2oc3ccccc3c(=O)c2c1=O. The van der Waals surface area contributed by atoms with Crippen molar-refractivity contribution in [3.05, 3.63) is 73.6 Å². The summed E-state index contributed by atoms with van der Waals surface area (Å²) in [6, 6.07) is 14.4. The molecule has 0 N–H and O–H groups in total. The fraction of sp³-hybridized carbons (Fsp3) is 0.190. The fourth-order valence-corrected chi connectivity index (χ4v) is 3.61. The molecule has 142 valence electrons. The number of methoxy groups -OCH3 is 1. The van der Waals surface area contributed by atoms with Crippen LogP contribution in [-0.4, -0.2) is 23.3 Å². The molecule has 0 aliphatic rings. The van der Waals surface area contributed by atoms with Crippen LogP contribution in [0.15, 0.2) is 67.0 Å². The zero-order valence-corrected chi connectivity index (χ0v) is 16.7. The predicted octanol–water partition coefficient (Wildman–Crippen LogP) is 3.97. The van der Waals surface area contributed by atoms with Crippen molar-refractivity contribution in [3.63, 3.8) is 0 Å². The summed E-state index contributed by atoms with van der Waals surface area (Å²) in [5.41, 5.74) is 0.434. The lowest BCUT2D eigenvalue weighted by atomic mass is 10.1. The molecular formula is C21H17BrN2O4. The standard InChI is InChI=1S/C21H17BrN2O4/c1-27-11-5-10-24-19(13-6-4-7-14(22)12-13)23-20-17(21(24)26)18(25)15-8-2-3-9-16(15)28-20/h2-4,6-9,12H,5,10-11H2,1H3. The summed E-state index contributed by atoms with van der Waals surface area (Å²) in [4.78, 5) is 30.8. The first-order valence-corrected chi connectivity index (χ1v) is 9.60. The average Bonchev–Trinajstić information content (AvgIpc) is 2.69. The van der Waals surface area contributed by atoms with E-state index in [4.69, 9.17) is 9.15 Å². The van der Waals surface area contributed by atoms with Crippen molar-refractivity contribution in [1.29, 1.82) is 0 Å². The van der Waals surface area contributed by atoms with Gasteiger partial charge in [0.2, 0.25) is 11.1 Å². The molecular weight excluding hydrogens is 424 g/mol. The van der Waals surface area contributed by atoms with Crippen LogP contribution in [0.5, 0.6) is 0 Å². The Morgan fingerprint density at radius 2 is 1.96 bits per heavy atom. The van der Waals surface area contributed by atoms with Gasteiger partial charge in [-0.1, -0.05) is 40.2 Å². The zero-order chi connectivity index (χ0) is 19.7. The average molecular weight is 441 g/mol. The van der Waals surface area contributed by atoms with Gasteiger partial charge >= 0.3 is 0 Å². The molecule has 2 aromatic heterocycles. The van der Waals surface area contributed by atoms with Gasteiger partial charge in [0.05, 0.1) is 5.39 Å². The number of halogens is 1. The molecule has 7 heteroatoms. The maximum atomic E-state index is 13.3. The highest BCUT2D eigenvalue weighted by Crippen LogP contribution is 2.23. The van der Waals surface area contributed by atoms with E-state index in [1.165, 1.54) is 4.57 Å². The van der Waals surface area contributed by atoms with Gasteiger partial charge in [-0.05, 0) is 30.7 Å². The second-order valence-corrected chi connectivity index (χ2v) is 7.27. The van der Waals surface area contributed by atoms with Gasteiger partial charge in [-0.2, -0.15) is 4.98 Å². The Hall–Kier alpha value is -2.77. The molecule has 6 nitrogen and oxygen atoms in total. The molecule has 4 aromatic rings. The molecule has 0 aliphatic heterocycles. The van der Waals surface area contributed by atoms with Crippen LogP contribution in [0.3, 0.4) is 0 Å². The number of fused-ring (bicyclic) bond motifs is 2. The number of aromatic nitrogens is 2. The molecule has 0 spiro atoms. The molecule has 0 bridgehead atoms. The van der Waals surface area contributed by atoms with Gasteiger partial charge < -0.3 is 9.15 Å². The van der Waals surface area contributed by atoms with E-state index >= 15 is 0 Å². The second kappa shape index (κ2) is 7.69. The number of para-hydroxylation sites is 1. The Morgan fingerprint density at radius 3 is 2.75 bits per heavy atom. The van der Waals surface area contributed by atoms with Crippen molar-refractivity contribution < 1.29 is 9.15 Å². The molecule has 0 saturated heterocycles. The van der Waals surface area contributed by atoms with Crippen LogP contribution in [-0.2, 0) is 11.3 Å². The van der Waals surface area contributed by atoms with E-state index in [1.54, 1.807) is 31.4 Å². The second-order valence-electron chi connectivity index (χ2n) is 6.36. The molecule has 0 fully saturated rings. The fourth-order valence-electron chi connectivity index (χ4n) is 3.21. The lowest BCUT2D eigenvalue weighted by Gasteiger charge is -2.13. The third-order valence-corrected chi connectivity index (χ3v) is 5.01. The molecule has 2 heterocycles. The Labute approximate surface area is 168 Å². The minimum absolute atomic E-state index is 0.0325. The summed E-state index contributed by atoms with van der Waals surface area (Å²) in [6.07, 6.45) is 0.615. The maximum absolute atomic E-state index is 13.3. The topological polar surface area (TPSA) is 74.3 Å². The molecule has 0 atom stereocenters. The number of hydrogen-bond acceptors (Lipinski definition) is 5. The van der Waals surface area contributed by atoms with Crippen LogP contribution in [0.2, 0.25) is 0 Å². The summed E-state index contributed by atoms with van der Waals surface area (Å²) in [6.45, 7) is 0.873. The number of hydrogen-bond donors (Lipinski definition) is 0. The van der Waals surface area contributed by atoms with E-state index < -0.39 is 5.56 Å². The number of nitrogens with zero attached hydrogens (tertiary/aromatic N) is 2. The summed E-state index contributed by atoms with van der Waals surface area (Å²) < 4.78 is 13.3. The first-order valence-electron chi connectivity index (χ1n) is 8.81. The lowest BCUT2D eigenvalue weighted by Crippen LogP contribution is -2.28. The van der Waals surface area contributed by atoms with Crippen LogP contribution in [0.25, 0.3) is 33.5 Å². The van der Waals surface area contributed by atoms with E-state index in [0.717, 1.165) is 10.0 Å². The summed E-state index contributed by atoms with van der Waals surface area (Å²) >= 11 is 3.45. The third kappa shape index (κ3) is 3.27. The van der Waals surface area contributed by atoms with Gasteiger partial charge in [-0.15, -0.1) is 0 Å². The highest BCUT2D eigenvalue weighted by Gasteiger charge is 2.18. The van der Waals surface area contributed by atoms with E-state index in [1.807, 2.05) is 24.3 Å². The van der Waals surface area contributed by atoms with Gasteiger partial charge in [-0.25, -0.2) is 0 Å². The Bertz CT molecular complexity index is 1290. The van der Waals surface area contributed by atoms with Crippen molar-refractivity contribution >= 4 is 38.0 Å². The van der Waals surface area contributed by atoms with Crippen LogP contribution in [0.4, 0.5) is 0 Å². The van der Waals surface area contributed by atoms with Crippen LogP contribution >= 0.6 is 15.9 Å². The van der Waals surface area contributed by atoms with E-state index in [9.17, 15) is 9.59 Å². The number of rotatable bonds is 5. The molecule has 0 amide bonds. The predicted molar refractivity (Wildman–Crippen MR) is 112 cm³/mol. The summed E-state index contributed by atoms with van der Waals surface area (Å²) in [5, 5.41) is 0.336. The Kier molecular flexibility index (Phi) is 5.11. The third-order valence-electron chi connectivity index (χ3n) is 4.51. The van der Waals surface area contributed by atoms with Crippen LogP contribution < -0.4 is 11.0 Å². The minimum Gasteiger partial charge on any atom is -0.437 e. The Balaban J connectivity index is 2.06. The highest BCUT2D eigenvalue weighted by atomic mass is 79.9. The highest BCUT2D eigenvalue weighted by molar-refractivity contribution is 9.10. The Morgan fingerprint density at radius 1 is 1.14 bits per heavy atom. The normalized spacial score (nSPS) is 11.4. The summed E-state index contributed by atoms with van der Waals surface area (Å²) in [7, 11) is 1.61. The molecule has 2 aromatic carbocycles. The van der Waals surface area contributed by atoms with E-state index in [0.29, 0.717) is 36.4 Å². The van der Waals surface area contributed by atoms with Crippen molar-refractivity contribution in [2.75, 3.05) is 13.7 Å². The lowest BCUT2D eigenvalue weighted by molar-refractivity contribution is 0.190. The molecule has 0 radical (unpaired) electrons. The first kappa shape index (κ1) is 18.6. The maximum Gasteiger partial charge on any atom is 0.269 e. The van der Waals surface area contributed by atoms with Gasteiger partial charge in [-0.3, -0.25) is 14.2 Å². The van der Waals surface area contributed by atoms with Gasteiger partial charge in [0, 0.05) is 30.3 Å². The smallest absolute Gasteiger partial charge is 0.269 e. The van der Waals surface area contributed by atoms with Crippen molar-refractivity contribution in [1.82, 2.24) is 9.55 Å². The van der Waals surface area contributed by atoms with E-state index in [2.05, 4.69) is 20.9 Å². The molecule has 0 saturated carbocycles.